The molecule has 0 radical (unpaired) electrons. The Morgan fingerprint density at radius 1 is 1.17 bits per heavy atom. The summed E-state index contributed by atoms with van der Waals surface area (Å²) in [7, 11) is 3.91. The topological polar surface area (TPSA) is 47.6 Å². The molecule has 98 valence electrons. The lowest BCUT2D eigenvalue weighted by molar-refractivity contribution is 0.0663. The average molecular weight is 248 g/mol. The molecule has 0 bridgehead atoms. The quantitative estimate of drug-likeness (QED) is 0.823. The Morgan fingerprint density at radius 2 is 1.83 bits per heavy atom. The fourth-order valence-electron chi connectivity index (χ4n) is 2.02. The van der Waals surface area contributed by atoms with Gasteiger partial charge in [-0.05, 0) is 19.2 Å². The maximum absolute atomic E-state index is 12.2. The van der Waals surface area contributed by atoms with E-state index in [4.69, 9.17) is 0 Å². The second-order valence-corrected chi connectivity index (χ2v) is 4.53. The summed E-state index contributed by atoms with van der Waals surface area (Å²) in [6.45, 7) is 3.69. The van der Waals surface area contributed by atoms with Gasteiger partial charge >= 0.3 is 0 Å². The highest BCUT2D eigenvalue weighted by molar-refractivity contribution is 5.99. The van der Waals surface area contributed by atoms with Gasteiger partial charge < -0.3 is 10.2 Å². The highest BCUT2D eigenvalue weighted by Crippen LogP contribution is 2.14. The van der Waals surface area contributed by atoms with Gasteiger partial charge in [-0.2, -0.15) is 0 Å². The summed E-state index contributed by atoms with van der Waals surface area (Å²) in [5.41, 5.74) is 4.49. The number of hydrazine groups is 1. The Hall–Kier alpha value is -1.59. The number of anilines is 1. The fourth-order valence-corrected chi connectivity index (χ4v) is 2.02. The molecule has 0 aromatic heterocycles. The van der Waals surface area contributed by atoms with Crippen LogP contribution in [0.25, 0.3) is 0 Å². The number of hydrogen-bond acceptors (Lipinski definition) is 4. The zero-order valence-electron chi connectivity index (χ0n) is 10.9. The van der Waals surface area contributed by atoms with Crippen molar-refractivity contribution in [3.05, 3.63) is 29.8 Å². The molecule has 1 aromatic rings. The maximum atomic E-state index is 12.2. The molecule has 0 saturated carbocycles. The summed E-state index contributed by atoms with van der Waals surface area (Å²) in [6, 6.07) is 7.52. The van der Waals surface area contributed by atoms with Crippen LogP contribution in [0.1, 0.15) is 10.4 Å². The molecule has 1 aromatic carbocycles. The average Bonchev–Trinajstić information content (AvgIpc) is 2.41. The molecule has 1 heterocycles. The van der Waals surface area contributed by atoms with Crippen molar-refractivity contribution in [2.45, 2.75) is 0 Å². The van der Waals surface area contributed by atoms with Crippen molar-refractivity contribution in [3.8, 4) is 0 Å². The number of likely N-dealkylation sites (N-methyl/N-ethyl adjacent to an activating group) is 1. The lowest BCUT2D eigenvalue weighted by Gasteiger charge is -2.32. The van der Waals surface area contributed by atoms with E-state index < -0.39 is 0 Å². The number of hydrogen-bond donors (Lipinski definition) is 2. The van der Waals surface area contributed by atoms with Crippen LogP contribution in [0.3, 0.4) is 0 Å². The Morgan fingerprint density at radius 3 is 2.50 bits per heavy atom. The zero-order chi connectivity index (χ0) is 13.0. The molecule has 0 atom stereocenters. The van der Waals surface area contributed by atoms with Crippen LogP contribution < -0.4 is 10.7 Å². The SMILES string of the molecule is CNc1ccccc1C(=O)NN1CCN(C)CC1. The molecule has 2 rings (SSSR count). The maximum Gasteiger partial charge on any atom is 0.267 e. The van der Waals surface area contributed by atoms with Crippen LogP contribution in [0.15, 0.2) is 24.3 Å². The number of carbonyl (C=O) groups is 1. The Kier molecular flexibility index (Phi) is 4.17. The largest absolute Gasteiger partial charge is 0.387 e. The van der Waals surface area contributed by atoms with Gasteiger partial charge in [-0.3, -0.25) is 10.2 Å². The molecular formula is C13H20N4O. The Bertz CT molecular complexity index is 413. The minimum absolute atomic E-state index is 0.0514. The van der Waals surface area contributed by atoms with Crippen molar-refractivity contribution in [2.75, 3.05) is 45.6 Å². The van der Waals surface area contributed by atoms with Gasteiger partial charge in [-0.25, -0.2) is 5.01 Å². The third-order valence-electron chi connectivity index (χ3n) is 3.20. The van der Waals surface area contributed by atoms with Crippen LogP contribution in [0.2, 0.25) is 0 Å². The van der Waals surface area contributed by atoms with E-state index in [1.807, 2.05) is 36.3 Å². The molecule has 1 amide bonds. The molecular weight excluding hydrogens is 228 g/mol. The minimum Gasteiger partial charge on any atom is -0.387 e. The molecule has 5 nitrogen and oxygen atoms in total. The first-order valence-corrected chi connectivity index (χ1v) is 6.22. The number of benzene rings is 1. The van der Waals surface area contributed by atoms with Crippen molar-refractivity contribution in [2.24, 2.45) is 0 Å². The van der Waals surface area contributed by atoms with E-state index in [0.717, 1.165) is 31.9 Å². The van der Waals surface area contributed by atoms with Crippen molar-refractivity contribution in [1.29, 1.82) is 0 Å². The van der Waals surface area contributed by atoms with E-state index >= 15 is 0 Å². The van der Waals surface area contributed by atoms with E-state index in [9.17, 15) is 4.79 Å². The number of nitrogens with one attached hydrogen (secondary N) is 2. The summed E-state index contributed by atoms with van der Waals surface area (Å²) >= 11 is 0. The first kappa shape index (κ1) is 12.9. The Balaban J connectivity index is 1.99. The number of piperazine rings is 1. The number of rotatable bonds is 3. The van der Waals surface area contributed by atoms with Crippen LogP contribution in [0, 0.1) is 0 Å². The number of para-hydroxylation sites is 1. The zero-order valence-corrected chi connectivity index (χ0v) is 10.9. The van der Waals surface area contributed by atoms with Crippen LogP contribution in [-0.2, 0) is 0 Å². The molecule has 1 aliphatic heterocycles. The van der Waals surface area contributed by atoms with Gasteiger partial charge in [-0.1, -0.05) is 12.1 Å². The van der Waals surface area contributed by atoms with E-state index in [1.165, 1.54) is 0 Å². The minimum atomic E-state index is -0.0514. The predicted octanol–water partition coefficient (Wildman–Crippen LogP) is 0.620. The van der Waals surface area contributed by atoms with Gasteiger partial charge in [0.1, 0.15) is 0 Å². The van der Waals surface area contributed by atoms with E-state index in [2.05, 4.69) is 22.7 Å². The summed E-state index contributed by atoms with van der Waals surface area (Å²) in [6.07, 6.45) is 0. The van der Waals surface area contributed by atoms with Gasteiger partial charge in [0.25, 0.3) is 5.91 Å². The van der Waals surface area contributed by atoms with Gasteiger partial charge in [0, 0.05) is 38.9 Å². The van der Waals surface area contributed by atoms with Crippen LogP contribution in [0.4, 0.5) is 5.69 Å². The van der Waals surface area contributed by atoms with Gasteiger partial charge in [0.2, 0.25) is 0 Å². The third-order valence-corrected chi connectivity index (χ3v) is 3.20. The number of nitrogens with zero attached hydrogens (tertiary/aromatic N) is 2. The Labute approximate surface area is 108 Å². The highest BCUT2D eigenvalue weighted by Gasteiger charge is 2.17. The van der Waals surface area contributed by atoms with E-state index in [1.54, 1.807) is 0 Å². The molecule has 1 aliphatic rings. The molecule has 18 heavy (non-hydrogen) atoms. The van der Waals surface area contributed by atoms with Crippen molar-refractivity contribution in [1.82, 2.24) is 15.3 Å². The second kappa shape index (κ2) is 5.84. The molecule has 1 saturated heterocycles. The fraction of sp³-hybridized carbons (Fsp3) is 0.462. The van der Waals surface area contributed by atoms with Crippen molar-refractivity contribution >= 4 is 11.6 Å². The van der Waals surface area contributed by atoms with Crippen LogP contribution >= 0.6 is 0 Å². The van der Waals surface area contributed by atoms with E-state index in [0.29, 0.717) is 5.56 Å². The standard InChI is InChI=1S/C13H20N4O/c1-14-12-6-4-3-5-11(12)13(18)15-17-9-7-16(2)8-10-17/h3-6,14H,7-10H2,1-2H3,(H,15,18). The monoisotopic (exact) mass is 248 g/mol. The lowest BCUT2D eigenvalue weighted by Crippen LogP contribution is -2.52. The molecule has 1 fully saturated rings. The second-order valence-electron chi connectivity index (χ2n) is 4.53. The molecule has 5 heteroatoms. The van der Waals surface area contributed by atoms with Gasteiger partial charge in [-0.15, -0.1) is 0 Å². The van der Waals surface area contributed by atoms with Gasteiger partial charge in [0.05, 0.1) is 5.56 Å². The smallest absolute Gasteiger partial charge is 0.267 e. The molecule has 0 aliphatic carbocycles. The number of amides is 1. The summed E-state index contributed by atoms with van der Waals surface area (Å²) in [4.78, 5) is 14.4. The lowest BCUT2D eigenvalue weighted by atomic mass is 10.1. The molecule has 2 N–H and O–H groups in total. The van der Waals surface area contributed by atoms with Gasteiger partial charge in [0.15, 0.2) is 0 Å². The predicted molar refractivity (Wildman–Crippen MR) is 72.5 cm³/mol. The molecule has 0 spiro atoms. The number of carbonyl (C=O) groups excluding carboxylic acids is 1. The summed E-state index contributed by atoms with van der Waals surface area (Å²) in [5, 5.41) is 5.01. The van der Waals surface area contributed by atoms with Crippen LogP contribution in [-0.4, -0.2) is 56.1 Å². The van der Waals surface area contributed by atoms with Crippen molar-refractivity contribution < 1.29 is 4.79 Å². The van der Waals surface area contributed by atoms with Crippen LogP contribution in [0.5, 0.6) is 0 Å². The molecule has 0 unspecified atom stereocenters. The highest BCUT2D eigenvalue weighted by atomic mass is 16.2. The first-order chi connectivity index (χ1) is 8.70. The normalized spacial score (nSPS) is 17.4. The summed E-state index contributed by atoms with van der Waals surface area (Å²) < 4.78 is 0. The summed E-state index contributed by atoms with van der Waals surface area (Å²) in [5.74, 6) is -0.0514. The van der Waals surface area contributed by atoms with Crippen molar-refractivity contribution in [3.63, 3.8) is 0 Å². The first-order valence-electron chi connectivity index (χ1n) is 6.22. The van der Waals surface area contributed by atoms with E-state index in [-0.39, 0.29) is 5.91 Å². The third kappa shape index (κ3) is 3.00.